The van der Waals surface area contributed by atoms with Crippen LogP contribution in [0.5, 0.6) is 5.75 Å². The molecule has 1 aliphatic heterocycles. The molecule has 2 aromatic rings. The van der Waals surface area contributed by atoms with E-state index in [2.05, 4.69) is 10.9 Å². The highest BCUT2D eigenvalue weighted by molar-refractivity contribution is 6.22. The Labute approximate surface area is 161 Å². The standard InChI is InChI=1S/C20H20FN3O4/c1-2-11-28-14-9-7-13(8-10-14)24-18(25)12-17(20(24)27)22-23-19(26)15-5-3-4-6-16(15)21/h3-10,17,22H,2,11-12H2,1H3,(H,23,26)/t17-/m1/s1. The lowest BCUT2D eigenvalue weighted by molar-refractivity contribution is -0.121. The second-order valence-corrected chi connectivity index (χ2v) is 6.24. The van der Waals surface area contributed by atoms with Crippen molar-refractivity contribution in [3.05, 3.63) is 59.9 Å². The Kier molecular flexibility index (Phi) is 6.00. The first kappa shape index (κ1) is 19.5. The van der Waals surface area contributed by atoms with Crippen molar-refractivity contribution in [2.45, 2.75) is 25.8 Å². The predicted octanol–water partition coefficient (Wildman–Crippen LogP) is 2.18. The third-order valence-electron chi connectivity index (χ3n) is 4.19. The molecule has 0 bridgehead atoms. The number of anilines is 1. The molecule has 2 aromatic carbocycles. The summed E-state index contributed by atoms with van der Waals surface area (Å²) in [6.45, 7) is 2.57. The fourth-order valence-electron chi connectivity index (χ4n) is 2.79. The quantitative estimate of drug-likeness (QED) is 0.564. The van der Waals surface area contributed by atoms with Gasteiger partial charge in [0.25, 0.3) is 11.8 Å². The normalized spacial score (nSPS) is 16.4. The van der Waals surface area contributed by atoms with Gasteiger partial charge < -0.3 is 4.74 Å². The SMILES string of the molecule is CCCOc1ccc(N2C(=O)C[C@@H](NNC(=O)c3ccccc3F)C2=O)cc1. The Balaban J connectivity index is 1.63. The van der Waals surface area contributed by atoms with Gasteiger partial charge >= 0.3 is 0 Å². The topological polar surface area (TPSA) is 87.7 Å². The number of carbonyl (C=O) groups is 3. The van der Waals surface area contributed by atoms with Gasteiger partial charge in [0.2, 0.25) is 5.91 Å². The summed E-state index contributed by atoms with van der Waals surface area (Å²) in [5, 5.41) is 0. The summed E-state index contributed by atoms with van der Waals surface area (Å²) < 4.78 is 19.1. The lowest BCUT2D eigenvalue weighted by Gasteiger charge is -2.16. The molecule has 1 fully saturated rings. The Bertz CT molecular complexity index is 885. The highest BCUT2D eigenvalue weighted by atomic mass is 19.1. The summed E-state index contributed by atoms with van der Waals surface area (Å²) in [6, 6.07) is 11.2. The van der Waals surface area contributed by atoms with Crippen LogP contribution in [0.2, 0.25) is 0 Å². The van der Waals surface area contributed by atoms with E-state index in [0.717, 1.165) is 17.4 Å². The van der Waals surface area contributed by atoms with E-state index in [1.54, 1.807) is 24.3 Å². The van der Waals surface area contributed by atoms with Crippen molar-refractivity contribution >= 4 is 23.4 Å². The van der Waals surface area contributed by atoms with E-state index >= 15 is 0 Å². The minimum atomic E-state index is -0.931. The van der Waals surface area contributed by atoms with E-state index in [4.69, 9.17) is 4.74 Å². The number of nitrogens with one attached hydrogen (secondary N) is 2. The Morgan fingerprint density at radius 3 is 2.57 bits per heavy atom. The van der Waals surface area contributed by atoms with E-state index in [-0.39, 0.29) is 12.0 Å². The molecule has 1 saturated heterocycles. The van der Waals surface area contributed by atoms with Crippen LogP contribution in [0.25, 0.3) is 0 Å². The van der Waals surface area contributed by atoms with Crippen LogP contribution in [0.1, 0.15) is 30.1 Å². The molecule has 1 aliphatic rings. The third-order valence-corrected chi connectivity index (χ3v) is 4.19. The van der Waals surface area contributed by atoms with Crippen molar-refractivity contribution in [3.8, 4) is 5.75 Å². The fourth-order valence-corrected chi connectivity index (χ4v) is 2.79. The first-order valence-electron chi connectivity index (χ1n) is 8.91. The minimum absolute atomic E-state index is 0.121. The van der Waals surface area contributed by atoms with Crippen molar-refractivity contribution in [1.29, 1.82) is 0 Å². The Hall–Kier alpha value is -3.26. The van der Waals surface area contributed by atoms with Crippen LogP contribution in [0.4, 0.5) is 10.1 Å². The van der Waals surface area contributed by atoms with Crippen molar-refractivity contribution in [3.63, 3.8) is 0 Å². The van der Waals surface area contributed by atoms with Crippen LogP contribution >= 0.6 is 0 Å². The number of amides is 3. The number of hydrogen-bond donors (Lipinski definition) is 2. The maximum atomic E-state index is 13.6. The zero-order chi connectivity index (χ0) is 20.1. The second kappa shape index (κ2) is 8.62. The number of ether oxygens (including phenoxy) is 1. The highest BCUT2D eigenvalue weighted by Gasteiger charge is 2.39. The first-order chi connectivity index (χ1) is 13.5. The molecule has 2 N–H and O–H groups in total. The van der Waals surface area contributed by atoms with Gasteiger partial charge in [-0.1, -0.05) is 19.1 Å². The molecule has 0 saturated carbocycles. The van der Waals surface area contributed by atoms with Crippen molar-refractivity contribution < 1.29 is 23.5 Å². The molecule has 28 heavy (non-hydrogen) atoms. The minimum Gasteiger partial charge on any atom is -0.494 e. The predicted molar refractivity (Wildman–Crippen MR) is 100 cm³/mol. The van der Waals surface area contributed by atoms with Gasteiger partial charge in [0, 0.05) is 0 Å². The monoisotopic (exact) mass is 385 g/mol. The Morgan fingerprint density at radius 2 is 1.89 bits per heavy atom. The number of imide groups is 1. The average molecular weight is 385 g/mol. The maximum absolute atomic E-state index is 13.6. The van der Waals surface area contributed by atoms with Gasteiger partial charge in [-0.25, -0.2) is 14.7 Å². The molecule has 0 aromatic heterocycles. The lowest BCUT2D eigenvalue weighted by atomic mass is 10.2. The van der Waals surface area contributed by atoms with E-state index in [9.17, 15) is 18.8 Å². The fraction of sp³-hybridized carbons (Fsp3) is 0.250. The van der Waals surface area contributed by atoms with Crippen molar-refractivity contribution in [1.82, 2.24) is 10.9 Å². The summed E-state index contributed by atoms with van der Waals surface area (Å²) >= 11 is 0. The summed E-state index contributed by atoms with van der Waals surface area (Å²) in [4.78, 5) is 38.0. The molecule has 3 amide bonds. The number of halogens is 1. The molecular formula is C20H20FN3O4. The van der Waals surface area contributed by atoms with Crippen LogP contribution in [0, 0.1) is 5.82 Å². The average Bonchev–Trinajstić information content (AvgIpc) is 2.98. The zero-order valence-electron chi connectivity index (χ0n) is 15.3. The molecule has 0 radical (unpaired) electrons. The van der Waals surface area contributed by atoms with Gasteiger partial charge in [0.1, 0.15) is 17.6 Å². The number of nitrogens with zero attached hydrogens (tertiary/aromatic N) is 1. The summed E-state index contributed by atoms with van der Waals surface area (Å²) in [7, 11) is 0. The van der Waals surface area contributed by atoms with Crippen molar-refractivity contribution in [2.75, 3.05) is 11.5 Å². The number of rotatable bonds is 7. The summed E-state index contributed by atoms with van der Waals surface area (Å²) in [6.07, 6.45) is 0.751. The molecule has 1 heterocycles. The van der Waals surface area contributed by atoms with Gasteiger partial charge in [-0.3, -0.25) is 19.8 Å². The number of benzene rings is 2. The molecule has 0 aliphatic carbocycles. The molecule has 3 rings (SSSR count). The van der Waals surface area contributed by atoms with Crippen molar-refractivity contribution in [2.24, 2.45) is 0 Å². The molecule has 7 nitrogen and oxygen atoms in total. The van der Waals surface area contributed by atoms with Crippen LogP contribution in [0.15, 0.2) is 48.5 Å². The van der Waals surface area contributed by atoms with Gasteiger partial charge in [-0.05, 0) is 42.8 Å². The first-order valence-corrected chi connectivity index (χ1v) is 8.91. The largest absolute Gasteiger partial charge is 0.494 e. The van der Waals surface area contributed by atoms with E-state index in [1.165, 1.54) is 18.2 Å². The molecule has 8 heteroatoms. The van der Waals surface area contributed by atoms with Crippen LogP contribution in [-0.2, 0) is 9.59 Å². The van der Waals surface area contributed by atoms with E-state index in [0.29, 0.717) is 18.0 Å². The third kappa shape index (κ3) is 4.17. The number of carbonyl (C=O) groups excluding carboxylic acids is 3. The zero-order valence-corrected chi connectivity index (χ0v) is 15.3. The van der Waals surface area contributed by atoms with E-state index < -0.39 is 29.6 Å². The molecule has 0 unspecified atom stereocenters. The lowest BCUT2D eigenvalue weighted by Crippen LogP contribution is -2.48. The van der Waals surface area contributed by atoms with Gasteiger partial charge in [-0.2, -0.15) is 0 Å². The molecule has 0 spiro atoms. The highest BCUT2D eigenvalue weighted by Crippen LogP contribution is 2.25. The maximum Gasteiger partial charge on any atom is 0.268 e. The number of hydrogen-bond acceptors (Lipinski definition) is 5. The number of hydrazine groups is 1. The van der Waals surface area contributed by atoms with Gasteiger partial charge in [0.15, 0.2) is 0 Å². The smallest absolute Gasteiger partial charge is 0.268 e. The summed E-state index contributed by atoms with van der Waals surface area (Å²) in [5.41, 5.74) is 5.07. The second-order valence-electron chi connectivity index (χ2n) is 6.24. The summed E-state index contributed by atoms with van der Waals surface area (Å²) in [5.74, 6) is -1.65. The van der Waals surface area contributed by atoms with Gasteiger partial charge in [0.05, 0.1) is 24.3 Å². The van der Waals surface area contributed by atoms with E-state index in [1.807, 2.05) is 6.92 Å². The molecule has 146 valence electrons. The molecular weight excluding hydrogens is 365 g/mol. The van der Waals surface area contributed by atoms with Gasteiger partial charge in [-0.15, -0.1) is 0 Å². The Morgan fingerprint density at radius 1 is 1.18 bits per heavy atom. The van der Waals surface area contributed by atoms with Crippen LogP contribution in [-0.4, -0.2) is 30.4 Å². The molecule has 1 atom stereocenters. The van der Waals surface area contributed by atoms with Crippen LogP contribution in [0.3, 0.4) is 0 Å². The van der Waals surface area contributed by atoms with Crippen LogP contribution < -0.4 is 20.5 Å².